The van der Waals surface area contributed by atoms with Gasteiger partial charge in [-0.1, -0.05) is 35.5 Å². The molecule has 0 radical (unpaired) electrons. The van der Waals surface area contributed by atoms with E-state index in [4.69, 9.17) is 11.6 Å². The highest BCUT2D eigenvalue weighted by Gasteiger charge is 2.12. The second kappa shape index (κ2) is 8.24. The Hall–Kier alpha value is -2.84. The lowest BCUT2D eigenvalue weighted by Crippen LogP contribution is -2.14. The van der Waals surface area contributed by atoms with Crippen LogP contribution in [0.25, 0.3) is 11.3 Å². The van der Waals surface area contributed by atoms with E-state index in [1.54, 1.807) is 6.20 Å². The molecule has 0 saturated heterocycles. The van der Waals surface area contributed by atoms with Crippen molar-refractivity contribution < 1.29 is 9.72 Å². The fourth-order valence-electron chi connectivity index (χ4n) is 2.41. The van der Waals surface area contributed by atoms with Gasteiger partial charge in [-0.05, 0) is 29.8 Å². The van der Waals surface area contributed by atoms with Crippen LogP contribution in [0.15, 0.2) is 59.9 Å². The fraction of sp³-hybridized carbons (Fsp3) is 0.111. The Morgan fingerprint density at radius 2 is 1.89 bits per heavy atom. The molecule has 0 aliphatic carbocycles. The standard InChI is InChI=1S/C18H15ClN4O3S/c1-22-16(12-2-4-13(19)5-3-12)10-20-18(22)27-11-17(24)21-14-6-8-15(9-7-14)23(25)26/h2-10H,11H2,1H3,(H,21,24). The average molecular weight is 403 g/mol. The van der Waals surface area contributed by atoms with Crippen LogP contribution >= 0.6 is 23.4 Å². The van der Waals surface area contributed by atoms with Crippen molar-refractivity contribution in [2.24, 2.45) is 7.05 Å². The summed E-state index contributed by atoms with van der Waals surface area (Å²) in [5, 5.41) is 14.7. The number of halogens is 1. The lowest BCUT2D eigenvalue weighted by molar-refractivity contribution is -0.384. The van der Waals surface area contributed by atoms with E-state index in [1.165, 1.54) is 36.0 Å². The van der Waals surface area contributed by atoms with Crippen LogP contribution in [0.2, 0.25) is 5.02 Å². The number of hydrogen-bond acceptors (Lipinski definition) is 5. The number of thioether (sulfide) groups is 1. The smallest absolute Gasteiger partial charge is 0.269 e. The van der Waals surface area contributed by atoms with E-state index < -0.39 is 4.92 Å². The molecule has 0 unspecified atom stereocenters. The summed E-state index contributed by atoms with van der Waals surface area (Å²) in [6.45, 7) is 0. The fourth-order valence-corrected chi connectivity index (χ4v) is 3.29. The summed E-state index contributed by atoms with van der Waals surface area (Å²) in [6, 6.07) is 13.1. The number of nitro benzene ring substituents is 1. The SMILES string of the molecule is Cn1c(-c2ccc(Cl)cc2)cnc1SCC(=O)Nc1ccc([N+](=O)[O-])cc1. The van der Waals surface area contributed by atoms with E-state index in [0.29, 0.717) is 15.9 Å². The van der Waals surface area contributed by atoms with Crippen molar-refractivity contribution in [2.75, 3.05) is 11.1 Å². The number of imidazole rings is 1. The predicted molar refractivity (Wildman–Crippen MR) is 106 cm³/mol. The molecular weight excluding hydrogens is 388 g/mol. The normalized spacial score (nSPS) is 10.6. The maximum Gasteiger partial charge on any atom is 0.269 e. The molecule has 0 fully saturated rings. The molecule has 0 aliphatic heterocycles. The third-order valence-corrected chi connectivity index (χ3v) is 5.08. The molecule has 0 saturated carbocycles. The summed E-state index contributed by atoms with van der Waals surface area (Å²) in [7, 11) is 1.88. The van der Waals surface area contributed by atoms with E-state index in [2.05, 4.69) is 10.3 Å². The Morgan fingerprint density at radius 1 is 1.22 bits per heavy atom. The Morgan fingerprint density at radius 3 is 2.52 bits per heavy atom. The first-order valence-electron chi connectivity index (χ1n) is 7.89. The Balaban J connectivity index is 1.60. The number of hydrogen-bond donors (Lipinski definition) is 1. The van der Waals surface area contributed by atoms with Gasteiger partial charge in [0.25, 0.3) is 5.69 Å². The van der Waals surface area contributed by atoms with Crippen LogP contribution in [0.3, 0.4) is 0 Å². The van der Waals surface area contributed by atoms with Crippen molar-refractivity contribution in [3.63, 3.8) is 0 Å². The van der Waals surface area contributed by atoms with Gasteiger partial charge in [0.1, 0.15) is 0 Å². The van der Waals surface area contributed by atoms with Gasteiger partial charge in [-0.2, -0.15) is 0 Å². The van der Waals surface area contributed by atoms with Gasteiger partial charge < -0.3 is 9.88 Å². The molecule has 1 N–H and O–H groups in total. The van der Waals surface area contributed by atoms with Crippen LogP contribution in [-0.4, -0.2) is 26.1 Å². The van der Waals surface area contributed by atoms with Crippen molar-refractivity contribution in [1.29, 1.82) is 0 Å². The molecule has 1 aromatic heterocycles. The number of carbonyl (C=O) groups excluding carboxylic acids is 1. The predicted octanol–water partition coefficient (Wildman–Crippen LogP) is 4.38. The molecule has 7 nitrogen and oxygen atoms in total. The minimum absolute atomic E-state index is 0.0230. The van der Waals surface area contributed by atoms with Crippen molar-refractivity contribution in [1.82, 2.24) is 9.55 Å². The molecule has 9 heteroatoms. The largest absolute Gasteiger partial charge is 0.325 e. The Bertz CT molecular complexity index is 971. The molecule has 3 aromatic rings. The zero-order valence-electron chi connectivity index (χ0n) is 14.3. The van der Waals surface area contributed by atoms with E-state index in [9.17, 15) is 14.9 Å². The van der Waals surface area contributed by atoms with Gasteiger partial charge in [0.05, 0.1) is 22.6 Å². The van der Waals surface area contributed by atoms with E-state index in [1.807, 2.05) is 35.9 Å². The van der Waals surface area contributed by atoms with Crippen LogP contribution in [0.5, 0.6) is 0 Å². The summed E-state index contributed by atoms with van der Waals surface area (Å²) in [5.41, 5.74) is 2.39. The van der Waals surface area contributed by atoms with Crippen molar-refractivity contribution in [3.05, 3.63) is 69.9 Å². The number of rotatable bonds is 6. The van der Waals surface area contributed by atoms with Gasteiger partial charge in [-0.25, -0.2) is 4.98 Å². The molecule has 0 bridgehead atoms. The highest BCUT2D eigenvalue weighted by atomic mass is 35.5. The summed E-state index contributed by atoms with van der Waals surface area (Å²) in [6.07, 6.45) is 1.75. The molecule has 1 heterocycles. The van der Waals surface area contributed by atoms with E-state index in [0.717, 1.165) is 11.3 Å². The molecule has 138 valence electrons. The van der Waals surface area contributed by atoms with E-state index in [-0.39, 0.29) is 17.3 Å². The van der Waals surface area contributed by atoms with Gasteiger partial charge in [-0.3, -0.25) is 14.9 Å². The molecular formula is C18H15ClN4O3S. The highest BCUT2D eigenvalue weighted by molar-refractivity contribution is 7.99. The minimum Gasteiger partial charge on any atom is -0.325 e. The van der Waals surface area contributed by atoms with Gasteiger partial charge in [0.2, 0.25) is 5.91 Å². The van der Waals surface area contributed by atoms with Crippen LogP contribution in [0, 0.1) is 10.1 Å². The zero-order chi connectivity index (χ0) is 19.4. The molecule has 1 amide bonds. The second-order valence-corrected chi connectivity index (χ2v) is 7.01. The number of nitrogens with one attached hydrogen (secondary N) is 1. The van der Waals surface area contributed by atoms with Crippen LogP contribution in [0.1, 0.15) is 0 Å². The quantitative estimate of drug-likeness (QED) is 0.375. The summed E-state index contributed by atoms with van der Waals surface area (Å²) < 4.78 is 1.91. The van der Waals surface area contributed by atoms with Crippen LogP contribution in [0.4, 0.5) is 11.4 Å². The molecule has 2 aromatic carbocycles. The van der Waals surface area contributed by atoms with Gasteiger partial charge in [0, 0.05) is 29.9 Å². The molecule has 27 heavy (non-hydrogen) atoms. The maximum absolute atomic E-state index is 12.1. The highest BCUT2D eigenvalue weighted by Crippen LogP contribution is 2.26. The maximum atomic E-state index is 12.1. The minimum atomic E-state index is -0.485. The monoisotopic (exact) mass is 402 g/mol. The number of non-ortho nitro benzene ring substituents is 1. The third kappa shape index (κ3) is 4.66. The molecule has 0 aliphatic rings. The van der Waals surface area contributed by atoms with Crippen LogP contribution < -0.4 is 5.32 Å². The second-order valence-electron chi connectivity index (χ2n) is 5.63. The lowest BCUT2D eigenvalue weighted by atomic mass is 10.2. The Kier molecular flexibility index (Phi) is 5.78. The topological polar surface area (TPSA) is 90.1 Å². The Labute approximate surface area is 164 Å². The number of aromatic nitrogens is 2. The first-order valence-corrected chi connectivity index (χ1v) is 9.25. The summed E-state index contributed by atoms with van der Waals surface area (Å²) >= 11 is 7.22. The summed E-state index contributed by atoms with van der Waals surface area (Å²) in [4.78, 5) is 26.6. The van der Waals surface area contributed by atoms with Crippen molar-refractivity contribution in [3.8, 4) is 11.3 Å². The summed E-state index contributed by atoms with van der Waals surface area (Å²) in [5.74, 6) is -0.0491. The van der Waals surface area contributed by atoms with Crippen molar-refractivity contribution >= 4 is 40.6 Å². The molecule has 3 rings (SSSR count). The molecule has 0 spiro atoms. The van der Waals surface area contributed by atoms with Gasteiger partial charge in [-0.15, -0.1) is 0 Å². The van der Waals surface area contributed by atoms with Gasteiger partial charge >= 0.3 is 0 Å². The number of carbonyl (C=O) groups is 1. The number of nitro groups is 1. The number of amides is 1. The van der Waals surface area contributed by atoms with E-state index >= 15 is 0 Å². The zero-order valence-corrected chi connectivity index (χ0v) is 15.8. The van der Waals surface area contributed by atoms with Crippen LogP contribution in [-0.2, 0) is 11.8 Å². The van der Waals surface area contributed by atoms with Gasteiger partial charge in [0.15, 0.2) is 5.16 Å². The first kappa shape index (κ1) is 18.9. The van der Waals surface area contributed by atoms with Crippen molar-refractivity contribution in [2.45, 2.75) is 5.16 Å². The third-order valence-electron chi connectivity index (χ3n) is 3.78. The number of anilines is 1. The molecule has 0 atom stereocenters. The lowest BCUT2D eigenvalue weighted by Gasteiger charge is -2.07. The number of nitrogens with zero attached hydrogens (tertiary/aromatic N) is 3. The first-order chi connectivity index (χ1) is 12.9. The number of benzene rings is 2. The average Bonchev–Trinajstić information content (AvgIpc) is 3.02.